The number of carbonyl (C=O) groups is 1. The lowest BCUT2D eigenvalue weighted by Crippen LogP contribution is -2.47. The molecule has 1 amide bonds. The monoisotopic (exact) mass is 348 g/mol. The summed E-state index contributed by atoms with van der Waals surface area (Å²) in [7, 11) is 1.76. The maximum absolute atomic E-state index is 11.9. The minimum absolute atomic E-state index is 0.0713. The Kier molecular flexibility index (Phi) is 4.52. The first-order chi connectivity index (χ1) is 7.36. The largest absolute Gasteiger partial charge is 0.323 e. The third-order valence-electron chi connectivity index (χ3n) is 2.37. The highest BCUT2D eigenvalue weighted by Crippen LogP contribution is 2.26. The van der Waals surface area contributed by atoms with Gasteiger partial charge >= 0.3 is 0 Å². The van der Waals surface area contributed by atoms with E-state index in [0.717, 1.165) is 14.6 Å². The molecular formula is C11H14Br2N2O. The van der Waals surface area contributed by atoms with Gasteiger partial charge in [0.15, 0.2) is 0 Å². The molecule has 0 atom stereocenters. The summed E-state index contributed by atoms with van der Waals surface area (Å²) in [5.41, 5.74) is 0.170. The minimum atomic E-state index is -0.591. The first-order valence-electron chi connectivity index (χ1n) is 4.82. The molecule has 3 nitrogen and oxygen atoms in total. The summed E-state index contributed by atoms with van der Waals surface area (Å²) >= 11 is 6.76. The SMILES string of the molecule is CNC(C)(C)C(=O)Nc1ccc(Br)cc1Br. The third kappa shape index (κ3) is 3.30. The number of carbonyl (C=O) groups excluding carboxylic acids is 1. The molecule has 0 bridgehead atoms. The molecule has 0 aromatic heterocycles. The zero-order valence-corrected chi connectivity index (χ0v) is 12.6. The maximum Gasteiger partial charge on any atom is 0.244 e. The molecule has 0 heterocycles. The van der Waals surface area contributed by atoms with Crippen molar-refractivity contribution in [1.29, 1.82) is 0 Å². The summed E-state index contributed by atoms with van der Waals surface area (Å²) in [6, 6.07) is 5.62. The molecule has 1 rings (SSSR count). The number of hydrogen-bond donors (Lipinski definition) is 2. The van der Waals surface area contributed by atoms with Crippen molar-refractivity contribution >= 4 is 43.5 Å². The van der Waals surface area contributed by atoms with Crippen molar-refractivity contribution in [1.82, 2.24) is 5.32 Å². The standard InChI is InChI=1S/C11H14Br2N2O/c1-11(2,14-3)10(16)15-9-5-4-7(12)6-8(9)13/h4-6,14H,1-3H3,(H,15,16). The molecule has 0 unspecified atom stereocenters. The van der Waals surface area contributed by atoms with Crippen molar-refractivity contribution in [2.45, 2.75) is 19.4 Å². The molecule has 1 aromatic carbocycles. The van der Waals surface area contributed by atoms with Crippen LogP contribution in [-0.2, 0) is 4.79 Å². The average molecular weight is 350 g/mol. The smallest absolute Gasteiger partial charge is 0.244 e. The Labute approximate surface area is 112 Å². The number of likely N-dealkylation sites (N-methyl/N-ethyl adjacent to an activating group) is 1. The molecule has 0 aliphatic heterocycles. The Morgan fingerprint density at radius 3 is 2.44 bits per heavy atom. The summed E-state index contributed by atoms with van der Waals surface area (Å²) in [5, 5.41) is 5.82. The number of halogens is 2. The van der Waals surface area contributed by atoms with Crippen LogP contribution in [0.4, 0.5) is 5.69 Å². The van der Waals surface area contributed by atoms with E-state index in [1.807, 2.05) is 32.0 Å². The predicted molar refractivity (Wildman–Crippen MR) is 73.6 cm³/mol. The third-order valence-corrected chi connectivity index (χ3v) is 3.52. The molecule has 0 spiro atoms. The van der Waals surface area contributed by atoms with Crippen LogP contribution in [0.25, 0.3) is 0 Å². The maximum atomic E-state index is 11.9. The molecule has 1 aromatic rings. The van der Waals surface area contributed by atoms with E-state index in [4.69, 9.17) is 0 Å². The topological polar surface area (TPSA) is 41.1 Å². The lowest BCUT2D eigenvalue weighted by atomic mass is 10.1. The van der Waals surface area contributed by atoms with E-state index in [9.17, 15) is 4.79 Å². The molecule has 16 heavy (non-hydrogen) atoms. The molecule has 0 aliphatic rings. The van der Waals surface area contributed by atoms with E-state index in [2.05, 4.69) is 42.5 Å². The molecule has 0 aliphatic carbocycles. The summed E-state index contributed by atoms with van der Waals surface area (Å²) in [4.78, 5) is 11.9. The van der Waals surface area contributed by atoms with Crippen LogP contribution in [-0.4, -0.2) is 18.5 Å². The van der Waals surface area contributed by atoms with Crippen LogP contribution in [0.2, 0.25) is 0 Å². The highest BCUT2D eigenvalue weighted by Gasteiger charge is 2.25. The zero-order valence-electron chi connectivity index (χ0n) is 9.40. The van der Waals surface area contributed by atoms with Crippen LogP contribution in [0.5, 0.6) is 0 Å². The van der Waals surface area contributed by atoms with Gasteiger partial charge in [-0.25, -0.2) is 0 Å². The van der Waals surface area contributed by atoms with E-state index in [1.165, 1.54) is 0 Å². The van der Waals surface area contributed by atoms with E-state index in [-0.39, 0.29) is 5.91 Å². The van der Waals surface area contributed by atoms with E-state index in [0.29, 0.717) is 0 Å². The molecular weight excluding hydrogens is 336 g/mol. The van der Waals surface area contributed by atoms with Crippen molar-refractivity contribution in [3.63, 3.8) is 0 Å². The number of nitrogens with one attached hydrogen (secondary N) is 2. The molecule has 0 saturated carbocycles. The van der Waals surface area contributed by atoms with Gasteiger partial charge < -0.3 is 10.6 Å². The molecule has 0 radical (unpaired) electrons. The van der Waals surface area contributed by atoms with Gasteiger partial charge in [-0.1, -0.05) is 15.9 Å². The van der Waals surface area contributed by atoms with Gasteiger partial charge in [0.05, 0.1) is 11.2 Å². The van der Waals surface area contributed by atoms with Gasteiger partial charge in [-0.2, -0.15) is 0 Å². The van der Waals surface area contributed by atoms with Crippen LogP contribution < -0.4 is 10.6 Å². The fourth-order valence-electron chi connectivity index (χ4n) is 0.983. The minimum Gasteiger partial charge on any atom is -0.323 e. The first kappa shape index (κ1) is 13.7. The Balaban J connectivity index is 2.85. The molecule has 5 heteroatoms. The van der Waals surface area contributed by atoms with Gasteiger partial charge in [-0.05, 0) is 55.0 Å². The summed E-state index contributed by atoms with van der Waals surface area (Å²) in [6.07, 6.45) is 0. The molecule has 0 fully saturated rings. The van der Waals surface area contributed by atoms with Gasteiger partial charge in [-0.15, -0.1) is 0 Å². The quantitative estimate of drug-likeness (QED) is 0.880. The lowest BCUT2D eigenvalue weighted by molar-refractivity contribution is -0.121. The van der Waals surface area contributed by atoms with Crippen LogP contribution in [0.1, 0.15) is 13.8 Å². The Morgan fingerprint density at radius 1 is 1.31 bits per heavy atom. The second kappa shape index (κ2) is 5.29. The number of rotatable bonds is 3. The van der Waals surface area contributed by atoms with Gasteiger partial charge in [0.1, 0.15) is 0 Å². The van der Waals surface area contributed by atoms with Crippen LogP contribution >= 0.6 is 31.9 Å². The second-order valence-electron chi connectivity index (χ2n) is 3.95. The predicted octanol–water partition coefficient (Wildman–Crippen LogP) is 3.15. The van der Waals surface area contributed by atoms with Gasteiger partial charge in [0.25, 0.3) is 0 Å². The summed E-state index contributed by atoms with van der Waals surface area (Å²) in [5.74, 6) is -0.0713. The second-order valence-corrected chi connectivity index (χ2v) is 5.72. The van der Waals surface area contributed by atoms with Crippen molar-refractivity contribution in [2.24, 2.45) is 0 Å². The van der Waals surface area contributed by atoms with Crippen LogP contribution in [0, 0.1) is 0 Å². The Morgan fingerprint density at radius 2 is 1.94 bits per heavy atom. The highest BCUT2D eigenvalue weighted by atomic mass is 79.9. The average Bonchev–Trinajstić information content (AvgIpc) is 2.22. The van der Waals surface area contributed by atoms with Gasteiger partial charge in [0, 0.05) is 8.95 Å². The van der Waals surface area contributed by atoms with Crippen molar-refractivity contribution in [3.05, 3.63) is 27.1 Å². The van der Waals surface area contributed by atoms with Gasteiger partial charge in [-0.3, -0.25) is 4.79 Å². The van der Waals surface area contributed by atoms with E-state index < -0.39 is 5.54 Å². The Hall–Kier alpha value is -0.390. The number of benzene rings is 1. The zero-order chi connectivity index (χ0) is 12.3. The summed E-state index contributed by atoms with van der Waals surface area (Å²) < 4.78 is 1.81. The molecule has 88 valence electrons. The van der Waals surface area contributed by atoms with Crippen molar-refractivity contribution in [2.75, 3.05) is 12.4 Å². The van der Waals surface area contributed by atoms with Crippen LogP contribution in [0.3, 0.4) is 0 Å². The number of hydrogen-bond acceptors (Lipinski definition) is 2. The highest BCUT2D eigenvalue weighted by molar-refractivity contribution is 9.11. The Bertz CT molecular complexity index is 405. The molecule has 2 N–H and O–H groups in total. The summed E-state index contributed by atoms with van der Waals surface area (Å²) in [6.45, 7) is 3.66. The number of anilines is 1. The fourth-order valence-corrected chi connectivity index (χ4v) is 2.13. The first-order valence-corrected chi connectivity index (χ1v) is 6.41. The van der Waals surface area contributed by atoms with E-state index in [1.54, 1.807) is 7.05 Å². The normalized spacial score (nSPS) is 11.3. The fraction of sp³-hybridized carbons (Fsp3) is 0.364. The van der Waals surface area contributed by atoms with Crippen molar-refractivity contribution < 1.29 is 4.79 Å². The van der Waals surface area contributed by atoms with E-state index >= 15 is 0 Å². The van der Waals surface area contributed by atoms with Gasteiger partial charge in [0.2, 0.25) is 5.91 Å². The van der Waals surface area contributed by atoms with Crippen LogP contribution in [0.15, 0.2) is 27.1 Å². The molecule has 0 saturated heterocycles. The lowest BCUT2D eigenvalue weighted by Gasteiger charge is -2.23. The number of amides is 1. The van der Waals surface area contributed by atoms with Crippen molar-refractivity contribution in [3.8, 4) is 0 Å².